The van der Waals surface area contributed by atoms with E-state index in [-0.39, 0.29) is 0 Å². The summed E-state index contributed by atoms with van der Waals surface area (Å²) in [6, 6.07) is 8.00. The molecule has 2 heteroatoms. The summed E-state index contributed by atoms with van der Waals surface area (Å²) in [5.41, 5.74) is 2.25. The topological polar surface area (TPSA) is 12.0 Å². The van der Waals surface area contributed by atoms with Gasteiger partial charge in [-0.05, 0) is 43.0 Å². The second-order valence-corrected chi connectivity index (χ2v) is 3.99. The first kappa shape index (κ1) is 8.70. The summed E-state index contributed by atoms with van der Waals surface area (Å²) in [6.07, 6.45) is 2.58. The molecule has 0 atom stereocenters. The molecule has 0 spiro atoms. The minimum absolute atomic E-state index is 0.704. The number of anilines is 1. The summed E-state index contributed by atoms with van der Waals surface area (Å²) in [4.78, 5) is 0.989. The third-order valence-electron chi connectivity index (χ3n) is 2.24. The van der Waals surface area contributed by atoms with Crippen LogP contribution in [0.1, 0.15) is 12.8 Å². The van der Waals surface area contributed by atoms with Gasteiger partial charge in [0.2, 0.25) is 0 Å². The van der Waals surface area contributed by atoms with Gasteiger partial charge in [0.25, 0.3) is 0 Å². The molecule has 1 saturated carbocycles. The summed E-state index contributed by atoms with van der Waals surface area (Å²) in [5, 5.41) is 3.30. The van der Waals surface area contributed by atoms with E-state index < -0.39 is 0 Å². The van der Waals surface area contributed by atoms with Crippen LogP contribution in [-0.2, 0) is 0 Å². The lowest BCUT2D eigenvalue weighted by molar-refractivity contribution is 1.02. The standard InChI is InChI=1S/C11H13NS/c1-8(9-2-3-9)12-10-4-6-11(13)7-5-10/h4-7,9,12-13H,1-3H2. The Morgan fingerprint density at radius 3 is 2.46 bits per heavy atom. The van der Waals surface area contributed by atoms with Crippen molar-refractivity contribution in [2.24, 2.45) is 5.92 Å². The first-order valence-electron chi connectivity index (χ1n) is 4.50. The zero-order chi connectivity index (χ0) is 9.26. The molecule has 1 aromatic rings. The van der Waals surface area contributed by atoms with E-state index in [2.05, 4.69) is 24.5 Å². The maximum atomic E-state index is 4.23. The molecule has 2 rings (SSSR count). The van der Waals surface area contributed by atoms with Gasteiger partial charge in [-0.1, -0.05) is 6.58 Å². The quantitative estimate of drug-likeness (QED) is 0.698. The summed E-state index contributed by atoms with van der Waals surface area (Å²) in [6.45, 7) is 4.00. The molecule has 1 aliphatic carbocycles. The Kier molecular flexibility index (Phi) is 2.32. The van der Waals surface area contributed by atoms with Crippen molar-refractivity contribution in [3.63, 3.8) is 0 Å². The molecule has 0 aromatic heterocycles. The first-order chi connectivity index (χ1) is 6.25. The van der Waals surface area contributed by atoms with Crippen LogP contribution in [0, 0.1) is 5.92 Å². The second-order valence-electron chi connectivity index (χ2n) is 3.47. The van der Waals surface area contributed by atoms with Crippen LogP contribution >= 0.6 is 12.6 Å². The summed E-state index contributed by atoms with van der Waals surface area (Å²) >= 11 is 4.23. The Balaban J connectivity index is 2.00. The van der Waals surface area contributed by atoms with Crippen LogP contribution < -0.4 is 5.32 Å². The summed E-state index contributed by atoms with van der Waals surface area (Å²) in [7, 11) is 0. The molecule has 0 amide bonds. The highest BCUT2D eigenvalue weighted by Gasteiger charge is 2.24. The van der Waals surface area contributed by atoms with Crippen molar-refractivity contribution in [3.8, 4) is 0 Å². The Labute approximate surface area is 84.3 Å². The largest absolute Gasteiger partial charge is 0.359 e. The fourth-order valence-corrected chi connectivity index (χ4v) is 1.41. The van der Waals surface area contributed by atoms with Gasteiger partial charge in [-0.15, -0.1) is 12.6 Å². The van der Waals surface area contributed by atoms with Crippen molar-refractivity contribution in [3.05, 3.63) is 36.5 Å². The number of rotatable bonds is 3. The van der Waals surface area contributed by atoms with E-state index >= 15 is 0 Å². The van der Waals surface area contributed by atoms with E-state index in [4.69, 9.17) is 0 Å². The van der Waals surface area contributed by atoms with Gasteiger partial charge in [0.05, 0.1) is 0 Å². The molecule has 1 aromatic carbocycles. The highest BCUT2D eigenvalue weighted by molar-refractivity contribution is 7.80. The second kappa shape index (κ2) is 3.46. The molecule has 0 unspecified atom stereocenters. The van der Waals surface area contributed by atoms with E-state index in [1.807, 2.05) is 24.3 Å². The number of nitrogens with one attached hydrogen (secondary N) is 1. The van der Waals surface area contributed by atoms with Gasteiger partial charge in [-0.25, -0.2) is 0 Å². The first-order valence-corrected chi connectivity index (χ1v) is 4.95. The molecule has 1 N–H and O–H groups in total. The van der Waals surface area contributed by atoms with Crippen molar-refractivity contribution in [2.45, 2.75) is 17.7 Å². The normalized spacial score (nSPS) is 15.5. The van der Waals surface area contributed by atoms with Crippen molar-refractivity contribution in [1.29, 1.82) is 0 Å². The molecular formula is C11H13NS. The van der Waals surface area contributed by atoms with Gasteiger partial charge in [-0.3, -0.25) is 0 Å². The predicted molar refractivity (Wildman–Crippen MR) is 59.2 cm³/mol. The number of hydrogen-bond donors (Lipinski definition) is 2. The zero-order valence-corrected chi connectivity index (χ0v) is 8.35. The average molecular weight is 191 g/mol. The van der Waals surface area contributed by atoms with Crippen LogP contribution in [0.3, 0.4) is 0 Å². The third-order valence-corrected chi connectivity index (χ3v) is 2.54. The van der Waals surface area contributed by atoms with Gasteiger partial charge in [0, 0.05) is 16.3 Å². The Bertz CT molecular complexity index is 311. The molecular weight excluding hydrogens is 178 g/mol. The molecule has 68 valence electrons. The van der Waals surface area contributed by atoms with Crippen molar-refractivity contribution in [2.75, 3.05) is 5.32 Å². The highest BCUT2D eigenvalue weighted by Crippen LogP contribution is 2.35. The maximum absolute atomic E-state index is 4.23. The van der Waals surface area contributed by atoms with E-state index in [1.165, 1.54) is 12.8 Å². The minimum Gasteiger partial charge on any atom is -0.359 e. The fourth-order valence-electron chi connectivity index (χ4n) is 1.26. The Morgan fingerprint density at radius 1 is 1.31 bits per heavy atom. The number of allylic oxidation sites excluding steroid dienone is 1. The Morgan fingerprint density at radius 2 is 1.92 bits per heavy atom. The molecule has 13 heavy (non-hydrogen) atoms. The van der Waals surface area contributed by atoms with Crippen LogP contribution in [0.2, 0.25) is 0 Å². The molecule has 1 fully saturated rings. The number of thiol groups is 1. The van der Waals surface area contributed by atoms with Crippen LogP contribution in [0.5, 0.6) is 0 Å². The smallest absolute Gasteiger partial charge is 0.0382 e. The lowest BCUT2D eigenvalue weighted by atomic mass is 10.2. The monoisotopic (exact) mass is 191 g/mol. The van der Waals surface area contributed by atoms with E-state index in [0.29, 0.717) is 5.92 Å². The summed E-state index contributed by atoms with van der Waals surface area (Å²) in [5.74, 6) is 0.704. The Hall–Kier alpha value is -0.890. The maximum Gasteiger partial charge on any atom is 0.0382 e. The van der Waals surface area contributed by atoms with E-state index in [1.54, 1.807) is 0 Å². The lowest BCUT2D eigenvalue weighted by Crippen LogP contribution is -1.98. The minimum atomic E-state index is 0.704. The van der Waals surface area contributed by atoms with Crippen LogP contribution in [0.4, 0.5) is 5.69 Å². The zero-order valence-electron chi connectivity index (χ0n) is 7.46. The molecule has 0 heterocycles. The van der Waals surface area contributed by atoms with Gasteiger partial charge in [0.15, 0.2) is 0 Å². The van der Waals surface area contributed by atoms with Crippen LogP contribution in [0.25, 0.3) is 0 Å². The van der Waals surface area contributed by atoms with Gasteiger partial charge < -0.3 is 5.32 Å². The molecule has 0 saturated heterocycles. The van der Waals surface area contributed by atoms with Gasteiger partial charge in [0.1, 0.15) is 0 Å². The predicted octanol–water partition coefficient (Wildman–Crippen LogP) is 3.31. The van der Waals surface area contributed by atoms with Gasteiger partial charge >= 0.3 is 0 Å². The molecule has 1 aliphatic rings. The molecule has 0 radical (unpaired) electrons. The molecule has 1 nitrogen and oxygen atoms in total. The van der Waals surface area contributed by atoms with E-state index in [0.717, 1.165) is 16.3 Å². The third kappa shape index (κ3) is 2.28. The van der Waals surface area contributed by atoms with Gasteiger partial charge in [-0.2, -0.15) is 0 Å². The fraction of sp³-hybridized carbons (Fsp3) is 0.273. The van der Waals surface area contributed by atoms with Crippen molar-refractivity contribution < 1.29 is 0 Å². The van der Waals surface area contributed by atoms with Crippen LogP contribution in [0.15, 0.2) is 41.4 Å². The van der Waals surface area contributed by atoms with Crippen molar-refractivity contribution in [1.82, 2.24) is 0 Å². The average Bonchev–Trinajstić information content (AvgIpc) is 2.91. The number of benzene rings is 1. The summed E-state index contributed by atoms with van der Waals surface area (Å²) < 4.78 is 0. The van der Waals surface area contributed by atoms with E-state index in [9.17, 15) is 0 Å². The lowest BCUT2D eigenvalue weighted by Gasteiger charge is -2.07. The van der Waals surface area contributed by atoms with Crippen LogP contribution in [-0.4, -0.2) is 0 Å². The molecule has 0 bridgehead atoms. The van der Waals surface area contributed by atoms with Crippen molar-refractivity contribution >= 4 is 18.3 Å². The highest BCUT2D eigenvalue weighted by atomic mass is 32.1. The SMILES string of the molecule is C=C(Nc1ccc(S)cc1)C1CC1. The number of hydrogen-bond acceptors (Lipinski definition) is 2. The molecule has 0 aliphatic heterocycles.